The highest BCUT2D eigenvalue weighted by Gasteiger charge is 2.34. The van der Waals surface area contributed by atoms with Gasteiger partial charge in [-0.05, 0) is 29.7 Å². The summed E-state index contributed by atoms with van der Waals surface area (Å²) in [5, 5.41) is -0.00944. The Kier molecular flexibility index (Phi) is 3.02. The molecular weight excluding hydrogens is 242 g/mol. The number of hydrogen-bond acceptors (Lipinski definition) is 2. The average molecular weight is 257 g/mol. The molecule has 1 aliphatic rings. The molecule has 0 amide bonds. The summed E-state index contributed by atoms with van der Waals surface area (Å²) in [6.07, 6.45) is 0.804. The summed E-state index contributed by atoms with van der Waals surface area (Å²) >= 11 is 0. The van der Waals surface area contributed by atoms with Gasteiger partial charge in [-0.1, -0.05) is 42.5 Å². The Hall–Kier alpha value is -1.45. The summed E-state index contributed by atoms with van der Waals surface area (Å²) < 4.78 is 12.6. The van der Waals surface area contributed by atoms with Crippen molar-refractivity contribution >= 4 is 10.8 Å². The molecule has 2 N–H and O–H groups in total. The zero-order valence-electron chi connectivity index (χ0n) is 9.95. The van der Waals surface area contributed by atoms with Crippen LogP contribution in [0.25, 0.3) is 0 Å². The van der Waals surface area contributed by atoms with Gasteiger partial charge in [-0.2, -0.15) is 0 Å². The monoisotopic (exact) mass is 257 g/mol. The highest BCUT2D eigenvalue weighted by atomic mass is 32.2. The van der Waals surface area contributed by atoms with Crippen molar-refractivity contribution in [2.24, 2.45) is 5.73 Å². The Morgan fingerprint density at radius 2 is 1.67 bits per heavy atom. The Morgan fingerprint density at radius 3 is 2.39 bits per heavy atom. The minimum Gasteiger partial charge on any atom is -0.323 e. The molecule has 0 aromatic heterocycles. The number of hydrogen-bond donors (Lipinski definition) is 1. The summed E-state index contributed by atoms with van der Waals surface area (Å²) in [4.78, 5) is 0.866. The average Bonchev–Trinajstić information content (AvgIpc) is 2.77. The maximum Gasteiger partial charge on any atom is 0.0627 e. The fourth-order valence-corrected chi connectivity index (χ4v) is 4.05. The third-order valence-corrected chi connectivity index (χ3v) is 5.23. The van der Waals surface area contributed by atoms with E-state index in [-0.39, 0.29) is 11.3 Å². The molecule has 3 heteroatoms. The summed E-state index contributed by atoms with van der Waals surface area (Å²) in [7, 11) is -1.04. The fourth-order valence-electron chi connectivity index (χ4n) is 2.53. The number of fused-ring (bicyclic) bond motifs is 1. The van der Waals surface area contributed by atoms with E-state index in [2.05, 4.69) is 6.07 Å². The van der Waals surface area contributed by atoms with Gasteiger partial charge in [0.2, 0.25) is 0 Å². The van der Waals surface area contributed by atoms with Crippen molar-refractivity contribution in [3.8, 4) is 0 Å². The van der Waals surface area contributed by atoms with E-state index in [1.54, 1.807) is 0 Å². The molecule has 0 bridgehead atoms. The van der Waals surface area contributed by atoms with Crippen LogP contribution in [0.1, 0.15) is 17.2 Å². The Bertz CT molecular complexity index is 582. The van der Waals surface area contributed by atoms with Crippen LogP contribution < -0.4 is 5.73 Å². The lowest BCUT2D eigenvalue weighted by atomic mass is 10.1. The molecule has 3 atom stereocenters. The lowest BCUT2D eigenvalue weighted by Crippen LogP contribution is -2.26. The van der Waals surface area contributed by atoms with Crippen LogP contribution in [0.5, 0.6) is 0 Å². The van der Waals surface area contributed by atoms with E-state index in [0.29, 0.717) is 0 Å². The van der Waals surface area contributed by atoms with Gasteiger partial charge in [-0.3, -0.25) is 4.21 Å². The summed E-state index contributed by atoms with van der Waals surface area (Å²) in [6, 6.07) is 17.6. The standard InChI is InChI=1S/C15H15NOS/c16-15-13-9-5-4-6-11(13)10-14(15)18(17)12-7-2-1-3-8-12/h1-9,14-15H,10,16H2. The van der Waals surface area contributed by atoms with Crippen molar-refractivity contribution in [1.82, 2.24) is 0 Å². The van der Waals surface area contributed by atoms with E-state index in [1.807, 2.05) is 48.5 Å². The van der Waals surface area contributed by atoms with Crippen molar-refractivity contribution in [3.63, 3.8) is 0 Å². The molecule has 2 aromatic carbocycles. The van der Waals surface area contributed by atoms with Crippen LogP contribution in [0.4, 0.5) is 0 Å². The molecule has 1 aliphatic carbocycles. The molecule has 0 radical (unpaired) electrons. The lowest BCUT2D eigenvalue weighted by molar-refractivity contribution is 0.646. The van der Waals surface area contributed by atoms with Crippen LogP contribution in [-0.2, 0) is 17.2 Å². The summed E-state index contributed by atoms with van der Waals surface area (Å²) in [5.41, 5.74) is 8.62. The van der Waals surface area contributed by atoms with Crippen molar-refractivity contribution in [3.05, 3.63) is 65.7 Å². The highest BCUT2D eigenvalue weighted by molar-refractivity contribution is 7.85. The first kappa shape index (κ1) is 11.6. The predicted molar refractivity (Wildman–Crippen MR) is 73.7 cm³/mol. The molecule has 3 unspecified atom stereocenters. The Morgan fingerprint density at radius 1 is 1.00 bits per heavy atom. The molecule has 0 saturated carbocycles. The van der Waals surface area contributed by atoms with Gasteiger partial charge in [-0.15, -0.1) is 0 Å². The zero-order valence-corrected chi connectivity index (χ0v) is 10.8. The summed E-state index contributed by atoms with van der Waals surface area (Å²) in [6.45, 7) is 0. The minimum absolute atomic E-state index is 0.00944. The van der Waals surface area contributed by atoms with Crippen LogP contribution in [0, 0.1) is 0 Å². The minimum atomic E-state index is -1.04. The van der Waals surface area contributed by atoms with Crippen molar-refractivity contribution in [2.45, 2.75) is 22.6 Å². The quantitative estimate of drug-likeness (QED) is 0.898. The first-order valence-electron chi connectivity index (χ1n) is 6.06. The van der Waals surface area contributed by atoms with E-state index in [9.17, 15) is 4.21 Å². The Balaban J connectivity index is 1.91. The van der Waals surface area contributed by atoms with Crippen LogP contribution >= 0.6 is 0 Å². The molecule has 3 rings (SSSR count). The first-order valence-corrected chi connectivity index (χ1v) is 7.27. The molecule has 2 aromatic rings. The maximum absolute atomic E-state index is 12.6. The van der Waals surface area contributed by atoms with Gasteiger partial charge in [0.1, 0.15) is 0 Å². The molecule has 0 saturated heterocycles. The number of benzene rings is 2. The topological polar surface area (TPSA) is 43.1 Å². The van der Waals surface area contributed by atoms with Crippen molar-refractivity contribution in [2.75, 3.05) is 0 Å². The number of rotatable bonds is 2. The van der Waals surface area contributed by atoms with E-state index >= 15 is 0 Å². The van der Waals surface area contributed by atoms with Gasteiger partial charge in [0.15, 0.2) is 0 Å². The van der Waals surface area contributed by atoms with Gasteiger partial charge in [0.25, 0.3) is 0 Å². The molecule has 0 heterocycles. The van der Waals surface area contributed by atoms with Gasteiger partial charge in [0.05, 0.1) is 16.0 Å². The van der Waals surface area contributed by atoms with Crippen LogP contribution in [0.2, 0.25) is 0 Å². The predicted octanol–water partition coefficient (Wildman–Crippen LogP) is 2.42. The summed E-state index contributed by atoms with van der Waals surface area (Å²) in [5.74, 6) is 0. The first-order chi connectivity index (χ1) is 8.77. The molecule has 92 valence electrons. The smallest absolute Gasteiger partial charge is 0.0627 e. The molecule has 0 aliphatic heterocycles. The second kappa shape index (κ2) is 4.67. The second-order valence-electron chi connectivity index (χ2n) is 4.58. The largest absolute Gasteiger partial charge is 0.323 e. The lowest BCUT2D eigenvalue weighted by Gasteiger charge is -2.15. The number of nitrogens with two attached hydrogens (primary N) is 1. The molecule has 0 spiro atoms. The normalized spacial score (nSPS) is 23.6. The van der Waals surface area contributed by atoms with E-state index in [4.69, 9.17) is 5.73 Å². The van der Waals surface area contributed by atoms with Crippen molar-refractivity contribution in [1.29, 1.82) is 0 Å². The van der Waals surface area contributed by atoms with Gasteiger partial charge < -0.3 is 5.73 Å². The highest BCUT2D eigenvalue weighted by Crippen LogP contribution is 2.34. The van der Waals surface area contributed by atoms with E-state index in [0.717, 1.165) is 16.9 Å². The Labute approximate surface area is 109 Å². The molecular formula is C15H15NOS. The van der Waals surface area contributed by atoms with Crippen LogP contribution in [0.15, 0.2) is 59.5 Å². The van der Waals surface area contributed by atoms with Crippen LogP contribution in [0.3, 0.4) is 0 Å². The zero-order chi connectivity index (χ0) is 12.5. The van der Waals surface area contributed by atoms with E-state index in [1.165, 1.54) is 5.56 Å². The van der Waals surface area contributed by atoms with Crippen LogP contribution in [-0.4, -0.2) is 9.46 Å². The van der Waals surface area contributed by atoms with Gasteiger partial charge in [-0.25, -0.2) is 0 Å². The molecule has 2 nitrogen and oxygen atoms in total. The SMILES string of the molecule is NC1c2ccccc2CC1S(=O)c1ccccc1. The molecule has 18 heavy (non-hydrogen) atoms. The second-order valence-corrected chi connectivity index (χ2v) is 6.25. The third kappa shape index (κ3) is 1.89. The maximum atomic E-state index is 12.6. The van der Waals surface area contributed by atoms with E-state index < -0.39 is 10.8 Å². The van der Waals surface area contributed by atoms with Gasteiger partial charge in [0, 0.05) is 10.9 Å². The van der Waals surface area contributed by atoms with Crippen molar-refractivity contribution < 1.29 is 4.21 Å². The van der Waals surface area contributed by atoms with Gasteiger partial charge >= 0.3 is 0 Å². The molecule has 0 fully saturated rings. The third-order valence-electron chi connectivity index (χ3n) is 3.49. The fraction of sp³-hybridized carbons (Fsp3) is 0.200.